The second-order valence-corrected chi connectivity index (χ2v) is 3.51. The Morgan fingerprint density at radius 3 is 2.79 bits per heavy atom. The quantitative estimate of drug-likeness (QED) is 0.645. The highest BCUT2D eigenvalue weighted by Gasteiger charge is 2.24. The summed E-state index contributed by atoms with van der Waals surface area (Å²) in [5.41, 5.74) is 11.2. The molecule has 0 saturated carbocycles. The van der Waals surface area contributed by atoms with Gasteiger partial charge in [-0.3, -0.25) is 0 Å². The molecule has 14 heavy (non-hydrogen) atoms. The van der Waals surface area contributed by atoms with Crippen LogP contribution in [0, 0.1) is 0 Å². The van der Waals surface area contributed by atoms with Gasteiger partial charge in [-0.15, -0.1) is 0 Å². The van der Waals surface area contributed by atoms with Crippen molar-refractivity contribution < 1.29 is 5.11 Å². The number of nitrogens with zero attached hydrogens (tertiary/aromatic N) is 1. The zero-order chi connectivity index (χ0) is 10.6. The Morgan fingerprint density at radius 1 is 1.57 bits per heavy atom. The fourth-order valence-electron chi connectivity index (χ4n) is 1.30. The van der Waals surface area contributed by atoms with E-state index in [1.165, 1.54) is 0 Å². The minimum absolute atomic E-state index is 0.234. The van der Waals surface area contributed by atoms with Gasteiger partial charge in [0.2, 0.25) is 0 Å². The molecule has 0 aromatic carbocycles. The number of hydrogen-bond acceptors (Lipinski definition) is 4. The Morgan fingerprint density at radius 2 is 2.29 bits per heavy atom. The summed E-state index contributed by atoms with van der Waals surface area (Å²) in [7, 11) is 0. The minimum atomic E-state index is -0.864. The molecule has 0 saturated heterocycles. The van der Waals surface area contributed by atoms with Gasteiger partial charge in [-0.1, -0.05) is 13.0 Å². The lowest BCUT2D eigenvalue weighted by Gasteiger charge is -2.25. The van der Waals surface area contributed by atoms with Crippen molar-refractivity contribution in [1.29, 1.82) is 0 Å². The Kier molecular flexibility index (Phi) is 3.43. The van der Waals surface area contributed by atoms with E-state index in [1.807, 2.05) is 13.0 Å². The summed E-state index contributed by atoms with van der Waals surface area (Å²) in [6.45, 7) is 2.14. The minimum Gasteiger partial charge on any atom is -0.388 e. The van der Waals surface area contributed by atoms with Gasteiger partial charge in [-0.25, -0.2) is 4.98 Å². The Labute approximate surface area is 83.9 Å². The second kappa shape index (κ2) is 4.39. The van der Waals surface area contributed by atoms with E-state index in [9.17, 15) is 5.11 Å². The van der Waals surface area contributed by atoms with Crippen molar-refractivity contribution in [1.82, 2.24) is 4.98 Å². The number of hydrogen-bond donors (Lipinski definition) is 3. The van der Waals surface area contributed by atoms with Gasteiger partial charge in [0, 0.05) is 19.2 Å². The van der Waals surface area contributed by atoms with Crippen LogP contribution in [0.25, 0.3) is 0 Å². The number of aliphatic hydroxyl groups is 1. The zero-order valence-corrected chi connectivity index (χ0v) is 8.40. The van der Waals surface area contributed by atoms with Crippen LogP contribution in [0.15, 0.2) is 18.3 Å². The lowest BCUT2D eigenvalue weighted by Crippen LogP contribution is -2.39. The summed E-state index contributed by atoms with van der Waals surface area (Å²) in [6, 6.07) is 3.66. The highest BCUT2D eigenvalue weighted by atomic mass is 16.3. The first kappa shape index (κ1) is 10.9. The summed E-state index contributed by atoms with van der Waals surface area (Å²) < 4.78 is 0. The standard InChI is InChI=1S/C10H17N3O/c1-2-10(14,7-11)6-8-4-3-5-13-9(8)12/h3-5,14H,2,6-7,11H2,1H3,(H2,12,13). The summed E-state index contributed by atoms with van der Waals surface area (Å²) in [5.74, 6) is 0.466. The van der Waals surface area contributed by atoms with E-state index in [0.29, 0.717) is 18.7 Å². The molecule has 1 heterocycles. The van der Waals surface area contributed by atoms with E-state index in [2.05, 4.69) is 4.98 Å². The summed E-state index contributed by atoms with van der Waals surface area (Å²) >= 11 is 0. The third-order valence-corrected chi connectivity index (χ3v) is 2.48. The maximum atomic E-state index is 10.00. The van der Waals surface area contributed by atoms with Crippen LogP contribution >= 0.6 is 0 Å². The molecule has 0 aliphatic rings. The highest BCUT2D eigenvalue weighted by molar-refractivity contribution is 5.39. The largest absolute Gasteiger partial charge is 0.388 e. The van der Waals surface area contributed by atoms with E-state index in [1.54, 1.807) is 12.3 Å². The Hall–Kier alpha value is -1.13. The van der Waals surface area contributed by atoms with Crippen LogP contribution in [0.1, 0.15) is 18.9 Å². The molecule has 1 atom stereocenters. The van der Waals surface area contributed by atoms with Gasteiger partial charge in [0.25, 0.3) is 0 Å². The van der Waals surface area contributed by atoms with E-state index in [4.69, 9.17) is 11.5 Å². The predicted molar refractivity (Wildman–Crippen MR) is 56.6 cm³/mol. The summed E-state index contributed by atoms with van der Waals surface area (Å²) in [4.78, 5) is 3.96. The summed E-state index contributed by atoms with van der Waals surface area (Å²) in [6.07, 6.45) is 2.70. The fraction of sp³-hybridized carbons (Fsp3) is 0.500. The maximum Gasteiger partial charge on any atom is 0.126 e. The fourth-order valence-corrected chi connectivity index (χ4v) is 1.30. The maximum absolute atomic E-state index is 10.00. The van der Waals surface area contributed by atoms with Gasteiger partial charge < -0.3 is 16.6 Å². The number of nitrogen functional groups attached to an aromatic ring is 1. The SMILES string of the molecule is CCC(O)(CN)Cc1cccnc1N. The predicted octanol–water partition coefficient (Wildman–Crippen LogP) is 0.306. The number of nitrogens with two attached hydrogens (primary N) is 2. The van der Waals surface area contributed by atoms with Gasteiger partial charge in [-0.2, -0.15) is 0 Å². The number of aromatic nitrogens is 1. The van der Waals surface area contributed by atoms with Gasteiger partial charge in [-0.05, 0) is 18.1 Å². The number of anilines is 1. The molecule has 0 aliphatic heterocycles. The molecular formula is C10H17N3O. The third kappa shape index (κ3) is 2.43. The molecule has 1 aromatic rings. The summed E-state index contributed by atoms with van der Waals surface area (Å²) in [5, 5.41) is 10.00. The molecule has 5 N–H and O–H groups in total. The van der Waals surface area contributed by atoms with Crippen molar-refractivity contribution in [2.24, 2.45) is 5.73 Å². The smallest absolute Gasteiger partial charge is 0.126 e. The van der Waals surface area contributed by atoms with Gasteiger partial charge in [0.15, 0.2) is 0 Å². The van der Waals surface area contributed by atoms with Crippen LogP contribution in [-0.4, -0.2) is 22.2 Å². The lowest BCUT2D eigenvalue weighted by atomic mass is 9.92. The van der Waals surface area contributed by atoms with Crippen molar-refractivity contribution in [3.05, 3.63) is 23.9 Å². The first-order valence-corrected chi connectivity index (χ1v) is 4.73. The van der Waals surface area contributed by atoms with Crippen molar-refractivity contribution in [3.8, 4) is 0 Å². The topological polar surface area (TPSA) is 85.2 Å². The number of pyridine rings is 1. The van der Waals surface area contributed by atoms with Crippen LogP contribution < -0.4 is 11.5 Å². The van der Waals surface area contributed by atoms with E-state index in [-0.39, 0.29) is 6.54 Å². The monoisotopic (exact) mass is 195 g/mol. The van der Waals surface area contributed by atoms with Crippen molar-refractivity contribution in [2.45, 2.75) is 25.4 Å². The normalized spacial score (nSPS) is 15.1. The number of rotatable bonds is 4. The van der Waals surface area contributed by atoms with E-state index >= 15 is 0 Å². The molecule has 0 fully saturated rings. The first-order valence-electron chi connectivity index (χ1n) is 4.73. The van der Waals surface area contributed by atoms with Crippen LogP contribution in [0.5, 0.6) is 0 Å². The Balaban J connectivity index is 2.82. The molecule has 4 nitrogen and oxygen atoms in total. The molecule has 1 unspecified atom stereocenters. The Bertz CT molecular complexity index is 297. The second-order valence-electron chi connectivity index (χ2n) is 3.51. The first-order chi connectivity index (χ1) is 6.61. The molecule has 0 aliphatic carbocycles. The molecular weight excluding hydrogens is 178 g/mol. The molecule has 0 bridgehead atoms. The zero-order valence-electron chi connectivity index (χ0n) is 8.40. The molecule has 1 rings (SSSR count). The third-order valence-electron chi connectivity index (χ3n) is 2.48. The molecule has 78 valence electrons. The van der Waals surface area contributed by atoms with Gasteiger partial charge >= 0.3 is 0 Å². The van der Waals surface area contributed by atoms with Gasteiger partial charge in [0.05, 0.1) is 5.60 Å². The van der Waals surface area contributed by atoms with Gasteiger partial charge in [0.1, 0.15) is 5.82 Å². The molecule has 0 radical (unpaired) electrons. The average Bonchev–Trinajstić information content (AvgIpc) is 2.21. The van der Waals surface area contributed by atoms with Crippen LogP contribution in [0.2, 0.25) is 0 Å². The van der Waals surface area contributed by atoms with E-state index in [0.717, 1.165) is 5.56 Å². The van der Waals surface area contributed by atoms with Crippen LogP contribution in [0.3, 0.4) is 0 Å². The average molecular weight is 195 g/mol. The molecule has 1 aromatic heterocycles. The molecule has 4 heteroatoms. The lowest BCUT2D eigenvalue weighted by molar-refractivity contribution is 0.0457. The van der Waals surface area contributed by atoms with Crippen LogP contribution in [0.4, 0.5) is 5.82 Å². The van der Waals surface area contributed by atoms with Crippen molar-refractivity contribution in [3.63, 3.8) is 0 Å². The van der Waals surface area contributed by atoms with Crippen molar-refractivity contribution >= 4 is 5.82 Å². The van der Waals surface area contributed by atoms with E-state index < -0.39 is 5.60 Å². The highest BCUT2D eigenvalue weighted by Crippen LogP contribution is 2.18. The molecule has 0 spiro atoms. The molecule has 0 amide bonds. The van der Waals surface area contributed by atoms with Crippen LogP contribution in [-0.2, 0) is 6.42 Å². The van der Waals surface area contributed by atoms with Crippen molar-refractivity contribution in [2.75, 3.05) is 12.3 Å².